The largest absolute Gasteiger partial charge is 0.390 e. The second-order valence-corrected chi connectivity index (χ2v) is 12.0. The maximum absolute atomic E-state index is 13.8. The molecule has 2 aliphatic heterocycles. The summed E-state index contributed by atoms with van der Waals surface area (Å²) in [6, 6.07) is 10.8. The highest BCUT2D eigenvalue weighted by molar-refractivity contribution is 5.78. The van der Waals surface area contributed by atoms with E-state index in [4.69, 9.17) is 4.74 Å². The maximum atomic E-state index is 13.8. The third-order valence-electron chi connectivity index (χ3n) is 9.74. The van der Waals surface area contributed by atoms with Gasteiger partial charge in [0.15, 0.2) is 0 Å². The summed E-state index contributed by atoms with van der Waals surface area (Å²) in [6.45, 7) is 2.84. The number of hydrogen-bond donors (Lipinski definition) is 2. The number of ether oxygens (including phenoxy) is 1. The van der Waals surface area contributed by atoms with E-state index in [1.807, 2.05) is 9.80 Å². The molecule has 194 valence electrons. The number of aliphatic hydroxyl groups is 2. The molecule has 1 aromatic rings. The number of nitrogens with zero attached hydrogens (tertiary/aromatic N) is 3. The zero-order chi connectivity index (χ0) is 24.7. The molecule has 0 aromatic heterocycles. The van der Waals surface area contributed by atoms with Crippen LogP contribution < -0.4 is 0 Å². The van der Waals surface area contributed by atoms with Gasteiger partial charge in [-0.3, -0.25) is 4.90 Å². The lowest BCUT2D eigenvalue weighted by molar-refractivity contribution is -0.0725. The smallest absolute Gasteiger partial charge is 0.320 e. The molecule has 4 aliphatic rings. The van der Waals surface area contributed by atoms with E-state index in [2.05, 4.69) is 49.3 Å². The van der Waals surface area contributed by atoms with Crippen LogP contribution in [0.4, 0.5) is 4.79 Å². The highest BCUT2D eigenvalue weighted by Crippen LogP contribution is 2.50. The Balaban J connectivity index is 1.36. The Morgan fingerprint density at radius 2 is 1.57 bits per heavy atom. The van der Waals surface area contributed by atoms with Crippen LogP contribution in [0.25, 0.3) is 0 Å². The molecule has 7 heteroatoms. The van der Waals surface area contributed by atoms with E-state index in [0.717, 1.165) is 44.9 Å². The Labute approximate surface area is 210 Å². The van der Waals surface area contributed by atoms with Crippen LogP contribution in [0.15, 0.2) is 30.3 Å². The van der Waals surface area contributed by atoms with Crippen molar-refractivity contribution in [3.63, 3.8) is 0 Å². The molecule has 35 heavy (non-hydrogen) atoms. The first-order valence-electron chi connectivity index (χ1n) is 13.5. The van der Waals surface area contributed by atoms with Gasteiger partial charge in [-0.25, -0.2) is 4.79 Å². The van der Waals surface area contributed by atoms with Crippen molar-refractivity contribution in [1.82, 2.24) is 14.7 Å². The van der Waals surface area contributed by atoms with Crippen LogP contribution in [0.5, 0.6) is 0 Å². The molecule has 0 unspecified atom stereocenters. The van der Waals surface area contributed by atoms with Gasteiger partial charge in [0.2, 0.25) is 0 Å². The van der Waals surface area contributed by atoms with E-state index in [1.165, 1.54) is 5.56 Å². The average Bonchev–Trinajstić information content (AvgIpc) is 3.09. The zero-order valence-electron chi connectivity index (χ0n) is 21.5. The molecule has 1 aromatic carbocycles. The highest BCUT2D eigenvalue weighted by atomic mass is 16.5. The Bertz CT molecular complexity index is 887. The molecule has 2 saturated carbocycles. The third-order valence-corrected chi connectivity index (χ3v) is 9.74. The van der Waals surface area contributed by atoms with Crippen LogP contribution in [-0.2, 0) is 10.3 Å². The van der Waals surface area contributed by atoms with Crippen molar-refractivity contribution in [2.24, 2.45) is 0 Å². The molecule has 0 radical (unpaired) electrons. The molecule has 5 rings (SSSR count). The molecule has 2 amide bonds. The van der Waals surface area contributed by atoms with Crippen LogP contribution in [-0.4, -0.2) is 94.6 Å². The fourth-order valence-corrected chi connectivity index (χ4v) is 6.97. The molecule has 2 saturated heterocycles. The van der Waals surface area contributed by atoms with Gasteiger partial charge in [0.1, 0.15) is 0 Å². The number of hydrogen-bond acceptors (Lipinski definition) is 5. The molecule has 2 aliphatic carbocycles. The van der Waals surface area contributed by atoms with E-state index >= 15 is 0 Å². The van der Waals surface area contributed by atoms with Gasteiger partial charge in [-0.05, 0) is 83.9 Å². The number of urea groups is 1. The molecule has 4 fully saturated rings. The standard InChI is InChI=1S/C28H43N3O4/c1-29(2)28(23-7-4-3-5-8-23)13-11-25(12-14-28)21-30(18-15-26(33)16-19-35-20-17-26)24(32)31(25)22-27(34)9-6-10-27/h3-5,7-8,33-34H,6,9-22H2,1-2H3/t25-,28+. The third kappa shape index (κ3) is 4.61. The molecule has 2 N–H and O–H groups in total. The molecule has 7 nitrogen and oxygen atoms in total. The predicted octanol–water partition coefficient (Wildman–Crippen LogP) is 3.34. The van der Waals surface area contributed by atoms with E-state index in [0.29, 0.717) is 52.1 Å². The van der Waals surface area contributed by atoms with E-state index < -0.39 is 11.2 Å². The monoisotopic (exact) mass is 485 g/mol. The summed E-state index contributed by atoms with van der Waals surface area (Å²) in [5.74, 6) is 0. The minimum absolute atomic E-state index is 0.0399. The predicted molar refractivity (Wildman–Crippen MR) is 135 cm³/mol. The van der Waals surface area contributed by atoms with Crippen molar-refractivity contribution in [3.8, 4) is 0 Å². The van der Waals surface area contributed by atoms with Crippen molar-refractivity contribution in [2.45, 2.75) is 86.5 Å². The molecule has 1 spiro atoms. The summed E-state index contributed by atoms with van der Waals surface area (Å²) in [4.78, 5) is 20.1. The van der Waals surface area contributed by atoms with Crippen LogP contribution >= 0.6 is 0 Å². The second-order valence-electron chi connectivity index (χ2n) is 12.0. The average molecular weight is 486 g/mol. The van der Waals surface area contributed by atoms with Crippen LogP contribution in [0.3, 0.4) is 0 Å². The fourth-order valence-electron chi connectivity index (χ4n) is 6.97. The lowest BCUT2D eigenvalue weighted by Crippen LogP contribution is -2.59. The van der Waals surface area contributed by atoms with E-state index in [1.54, 1.807) is 0 Å². The minimum Gasteiger partial charge on any atom is -0.390 e. The van der Waals surface area contributed by atoms with Crippen molar-refractivity contribution in [2.75, 3.05) is 46.9 Å². The van der Waals surface area contributed by atoms with Crippen LogP contribution in [0.2, 0.25) is 0 Å². The maximum Gasteiger partial charge on any atom is 0.320 e. The van der Waals surface area contributed by atoms with Crippen molar-refractivity contribution in [3.05, 3.63) is 35.9 Å². The summed E-state index contributed by atoms with van der Waals surface area (Å²) < 4.78 is 5.43. The van der Waals surface area contributed by atoms with Crippen molar-refractivity contribution < 1.29 is 19.7 Å². The highest BCUT2D eigenvalue weighted by Gasteiger charge is 2.56. The van der Waals surface area contributed by atoms with Crippen LogP contribution in [0.1, 0.15) is 69.8 Å². The lowest BCUT2D eigenvalue weighted by atomic mass is 9.67. The lowest BCUT2D eigenvalue weighted by Gasteiger charge is -2.52. The van der Waals surface area contributed by atoms with Gasteiger partial charge in [0, 0.05) is 31.8 Å². The Hall–Kier alpha value is -1.67. The fraction of sp³-hybridized carbons (Fsp3) is 0.750. The first kappa shape index (κ1) is 25.0. The normalized spacial score (nSPS) is 32.3. The van der Waals surface area contributed by atoms with Gasteiger partial charge in [0.05, 0.1) is 23.3 Å². The minimum atomic E-state index is -0.745. The van der Waals surface area contributed by atoms with E-state index in [9.17, 15) is 15.0 Å². The quantitative estimate of drug-likeness (QED) is 0.620. The molecule has 0 bridgehead atoms. The van der Waals surface area contributed by atoms with Crippen LogP contribution in [0, 0.1) is 0 Å². The van der Waals surface area contributed by atoms with Gasteiger partial charge >= 0.3 is 6.03 Å². The van der Waals surface area contributed by atoms with Gasteiger partial charge in [-0.2, -0.15) is 0 Å². The SMILES string of the molecule is CN(C)[C@]1(c2ccccc2)CC[C@]2(CC1)CN(CCC1(O)CCOCC1)C(=O)N2CC1(O)CCC1. The molecular weight excluding hydrogens is 442 g/mol. The zero-order valence-corrected chi connectivity index (χ0v) is 21.5. The number of rotatable bonds is 7. The van der Waals surface area contributed by atoms with Gasteiger partial charge in [0.25, 0.3) is 0 Å². The topological polar surface area (TPSA) is 76.5 Å². The first-order chi connectivity index (χ1) is 16.7. The number of amides is 2. The summed E-state index contributed by atoms with van der Waals surface area (Å²) >= 11 is 0. The number of carbonyl (C=O) groups excluding carboxylic acids is 1. The van der Waals surface area contributed by atoms with Gasteiger partial charge in [-0.15, -0.1) is 0 Å². The molecule has 2 heterocycles. The summed E-state index contributed by atoms with van der Waals surface area (Å²) in [6.07, 6.45) is 8.20. The first-order valence-corrected chi connectivity index (χ1v) is 13.5. The Morgan fingerprint density at radius 3 is 2.14 bits per heavy atom. The number of carbonyl (C=O) groups is 1. The molecule has 0 atom stereocenters. The van der Waals surface area contributed by atoms with Crippen molar-refractivity contribution in [1.29, 1.82) is 0 Å². The molecular formula is C28H43N3O4. The second kappa shape index (κ2) is 9.33. The van der Waals surface area contributed by atoms with Crippen molar-refractivity contribution >= 4 is 6.03 Å². The summed E-state index contributed by atoms with van der Waals surface area (Å²) in [5, 5.41) is 22.1. The van der Waals surface area contributed by atoms with Gasteiger partial charge < -0.3 is 24.7 Å². The van der Waals surface area contributed by atoms with Gasteiger partial charge in [-0.1, -0.05) is 30.3 Å². The number of benzene rings is 1. The Morgan fingerprint density at radius 1 is 0.914 bits per heavy atom. The number of β-amino-alcohol motifs (C(OH)–C–C–N with tert-alkyl or cyclic N) is 1. The summed E-state index contributed by atoms with van der Waals surface area (Å²) in [7, 11) is 4.33. The Kier molecular flexibility index (Phi) is 6.66. The van der Waals surface area contributed by atoms with E-state index in [-0.39, 0.29) is 17.1 Å². The summed E-state index contributed by atoms with van der Waals surface area (Å²) in [5.41, 5.74) is -0.445.